The van der Waals surface area contributed by atoms with Crippen molar-refractivity contribution in [3.63, 3.8) is 0 Å². The van der Waals surface area contributed by atoms with Gasteiger partial charge in [0.15, 0.2) is 6.61 Å². The van der Waals surface area contributed by atoms with Gasteiger partial charge in [-0.1, -0.05) is 31.4 Å². The lowest BCUT2D eigenvalue weighted by Crippen LogP contribution is -2.50. The molecule has 1 aromatic carbocycles. The van der Waals surface area contributed by atoms with Crippen LogP contribution >= 0.6 is 11.8 Å². The van der Waals surface area contributed by atoms with Crippen LogP contribution in [-0.2, 0) is 14.3 Å². The maximum absolute atomic E-state index is 12.5. The molecule has 28 heavy (non-hydrogen) atoms. The Hall–Kier alpha value is -2.04. The van der Waals surface area contributed by atoms with Crippen molar-refractivity contribution in [2.75, 3.05) is 19.0 Å². The third kappa shape index (κ3) is 5.49. The molecule has 150 valence electrons. The number of carbonyl (C=O) groups is 2. The monoisotopic (exact) mass is 402 g/mol. The first-order valence-electron chi connectivity index (χ1n) is 9.85. The lowest BCUT2D eigenvalue weighted by atomic mass is 9.83. The summed E-state index contributed by atoms with van der Waals surface area (Å²) in [5, 5.41) is 12.2. The highest BCUT2D eigenvalue weighted by atomic mass is 32.2. The summed E-state index contributed by atoms with van der Waals surface area (Å²) in [6.07, 6.45) is 6.55. The number of ether oxygens (including phenoxy) is 2. The number of hydrogen-bond acceptors (Lipinski definition) is 6. The number of carbonyl (C=O) groups excluding carboxylic acids is 2. The smallest absolute Gasteiger partial charge is 0.339 e. The van der Waals surface area contributed by atoms with Crippen molar-refractivity contribution in [2.45, 2.75) is 61.5 Å². The van der Waals surface area contributed by atoms with Crippen molar-refractivity contribution < 1.29 is 19.1 Å². The Morgan fingerprint density at radius 2 is 2.04 bits per heavy atom. The summed E-state index contributed by atoms with van der Waals surface area (Å²) >= 11 is 1.57. The van der Waals surface area contributed by atoms with Gasteiger partial charge in [-0.25, -0.2) is 4.79 Å². The number of hydrogen-bond donors (Lipinski definition) is 1. The molecule has 1 N–H and O–H groups in total. The third-order valence-electron chi connectivity index (χ3n) is 5.19. The van der Waals surface area contributed by atoms with E-state index in [2.05, 4.69) is 11.4 Å². The molecule has 0 spiro atoms. The first kappa shape index (κ1) is 20.7. The third-order valence-corrected chi connectivity index (χ3v) is 6.40. The zero-order chi connectivity index (χ0) is 19.8. The highest BCUT2D eigenvalue weighted by Crippen LogP contribution is 2.28. The Balaban J connectivity index is 1.53. The van der Waals surface area contributed by atoms with E-state index in [0.29, 0.717) is 18.4 Å². The number of esters is 1. The quantitative estimate of drug-likeness (QED) is 0.555. The van der Waals surface area contributed by atoms with Crippen LogP contribution < -0.4 is 5.32 Å². The van der Waals surface area contributed by atoms with E-state index < -0.39 is 17.4 Å². The van der Waals surface area contributed by atoms with Crippen LogP contribution in [0.5, 0.6) is 0 Å². The van der Waals surface area contributed by atoms with Crippen LogP contribution in [0.4, 0.5) is 0 Å². The summed E-state index contributed by atoms with van der Waals surface area (Å²) < 4.78 is 10.9. The van der Waals surface area contributed by atoms with Crippen LogP contribution in [0.15, 0.2) is 29.2 Å². The van der Waals surface area contributed by atoms with Gasteiger partial charge >= 0.3 is 5.97 Å². The molecule has 6 nitrogen and oxygen atoms in total. The van der Waals surface area contributed by atoms with Crippen molar-refractivity contribution in [3.8, 4) is 6.07 Å². The Labute approximate surface area is 170 Å². The second-order valence-corrected chi connectivity index (χ2v) is 8.38. The summed E-state index contributed by atoms with van der Waals surface area (Å²) in [6.45, 7) is 0.418. The van der Waals surface area contributed by atoms with E-state index in [1.807, 2.05) is 12.1 Å². The molecule has 1 aromatic rings. The van der Waals surface area contributed by atoms with Crippen molar-refractivity contribution in [1.82, 2.24) is 5.32 Å². The van der Waals surface area contributed by atoms with E-state index in [4.69, 9.17) is 9.47 Å². The minimum absolute atomic E-state index is 0.220. The van der Waals surface area contributed by atoms with E-state index >= 15 is 0 Å². The molecule has 1 atom stereocenters. The molecule has 0 unspecified atom stereocenters. The van der Waals surface area contributed by atoms with Crippen LogP contribution in [0.3, 0.4) is 0 Å². The van der Waals surface area contributed by atoms with Gasteiger partial charge in [-0.05, 0) is 37.8 Å². The van der Waals surface area contributed by atoms with E-state index in [1.54, 1.807) is 23.9 Å². The molecular weight excluding hydrogens is 376 g/mol. The van der Waals surface area contributed by atoms with Crippen LogP contribution in [-0.4, -0.2) is 42.5 Å². The first-order chi connectivity index (χ1) is 13.6. The number of thioether (sulfide) groups is 1. The normalized spacial score (nSPS) is 20.9. The average Bonchev–Trinajstić information content (AvgIpc) is 3.25. The maximum Gasteiger partial charge on any atom is 0.339 e. The van der Waals surface area contributed by atoms with E-state index in [1.165, 1.54) is 0 Å². The van der Waals surface area contributed by atoms with Gasteiger partial charge in [0, 0.05) is 17.3 Å². The van der Waals surface area contributed by atoms with Gasteiger partial charge < -0.3 is 14.8 Å². The molecule has 0 bridgehead atoms. The number of amides is 1. The fourth-order valence-corrected chi connectivity index (χ4v) is 4.76. The van der Waals surface area contributed by atoms with E-state index in [-0.39, 0.29) is 12.7 Å². The fourth-order valence-electron chi connectivity index (χ4n) is 3.65. The number of benzene rings is 1. The van der Waals surface area contributed by atoms with Gasteiger partial charge in [-0.15, -0.1) is 11.8 Å². The second kappa shape index (κ2) is 9.94. The van der Waals surface area contributed by atoms with Crippen molar-refractivity contribution in [2.24, 2.45) is 0 Å². The lowest BCUT2D eigenvalue weighted by molar-refractivity contribution is -0.125. The molecule has 2 fully saturated rings. The Bertz CT molecular complexity index is 734. The van der Waals surface area contributed by atoms with Gasteiger partial charge in [0.25, 0.3) is 5.91 Å². The molecule has 1 amide bonds. The summed E-state index contributed by atoms with van der Waals surface area (Å²) in [4.78, 5) is 25.6. The zero-order valence-electron chi connectivity index (χ0n) is 15.9. The standard InChI is InChI=1S/C21H26N2O4S/c22-15-21(10-4-1-5-11-21)23-19(24)13-27-20(25)17-8-2-3-9-18(17)28-14-16-7-6-12-26-16/h2-3,8-9,16H,1,4-7,10-14H2,(H,23,24)/t16-/m0/s1. The number of nitrogens with zero attached hydrogens (tertiary/aromatic N) is 1. The largest absolute Gasteiger partial charge is 0.452 e. The first-order valence-corrected chi connectivity index (χ1v) is 10.8. The summed E-state index contributed by atoms with van der Waals surface area (Å²) in [6, 6.07) is 9.47. The SMILES string of the molecule is N#CC1(NC(=O)COC(=O)c2ccccc2SC[C@@H]2CCCO2)CCCCC1. The van der Waals surface area contributed by atoms with E-state index in [9.17, 15) is 14.9 Å². The minimum atomic E-state index is -0.823. The number of nitriles is 1. The topological polar surface area (TPSA) is 88.4 Å². The van der Waals surface area contributed by atoms with Crippen molar-refractivity contribution >= 4 is 23.6 Å². The van der Waals surface area contributed by atoms with E-state index in [0.717, 1.165) is 49.4 Å². The molecule has 0 radical (unpaired) electrons. The summed E-state index contributed by atoms with van der Waals surface area (Å²) in [5.74, 6) is -0.170. The van der Waals surface area contributed by atoms with Crippen LogP contribution in [0.1, 0.15) is 55.3 Å². The lowest BCUT2D eigenvalue weighted by Gasteiger charge is -2.31. The summed E-state index contributed by atoms with van der Waals surface area (Å²) in [5.41, 5.74) is -0.373. The fraction of sp³-hybridized carbons (Fsp3) is 0.571. The van der Waals surface area contributed by atoms with Crippen molar-refractivity contribution in [3.05, 3.63) is 29.8 Å². The Morgan fingerprint density at radius 1 is 1.25 bits per heavy atom. The molecular formula is C21H26N2O4S. The molecule has 1 saturated heterocycles. The molecule has 1 aliphatic heterocycles. The molecule has 0 aromatic heterocycles. The number of rotatable bonds is 7. The van der Waals surface area contributed by atoms with Gasteiger partial charge in [0.1, 0.15) is 5.54 Å². The molecule has 1 aliphatic carbocycles. The van der Waals surface area contributed by atoms with Gasteiger partial charge in [0.2, 0.25) is 0 Å². The zero-order valence-corrected chi connectivity index (χ0v) is 16.8. The molecule has 3 rings (SSSR count). The predicted octanol–water partition coefficient (Wildman–Crippen LogP) is 3.46. The molecule has 7 heteroatoms. The van der Waals surface area contributed by atoms with Gasteiger partial charge in [0.05, 0.1) is 17.7 Å². The highest BCUT2D eigenvalue weighted by molar-refractivity contribution is 7.99. The molecule has 1 saturated carbocycles. The van der Waals surface area contributed by atoms with Crippen molar-refractivity contribution in [1.29, 1.82) is 5.26 Å². The minimum Gasteiger partial charge on any atom is -0.452 e. The molecule has 2 aliphatic rings. The second-order valence-electron chi connectivity index (χ2n) is 7.32. The highest BCUT2D eigenvalue weighted by Gasteiger charge is 2.33. The van der Waals surface area contributed by atoms with Crippen LogP contribution in [0.2, 0.25) is 0 Å². The van der Waals surface area contributed by atoms with Crippen LogP contribution in [0, 0.1) is 11.3 Å². The van der Waals surface area contributed by atoms with Gasteiger partial charge in [-0.2, -0.15) is 5.26 Å². The van der Waals surface area contributed by atoms with Gasteiger partial charge in [-0.3, -0.25) is 4.79 Å². The molecule has 1 heterocycles. The maximum atomic E-state index is 12.5. The van der Waals surface area contributed by atoms with Crippen LogP contribution in [0.25, 0.3) is 0 Å². The Morgan fingerprint density at radius 3 is 2.75 bits per heavy atom. The Kier molecular flexibility index (Phi) is 7.35. The number of nitrogens with one attached hydrogen (secondary N) is 1. The summed E-state index contributed by atoms with van der Waals surface area (Å²) in [7, 11) is 0. The predicted molar refractivity (Wildman–Crippen MR) is 106 cm³/mol. The average molecular weight is 403 g/mol.